The van der Waals surface area contributed by atoms with Crippen LogP contribution in [0.4, 0.5) is 5.69 Å². The van der Waals surface area contributed by atoms with E-state index in [4.69, 9.17) is 4.74 Å². The van der Waals surface area contributed by atoms with Crippen molar-refractivity contribution in [1.29, 1.82) is 0 Å². The Hall–Kier alpha value is -3.40. The van der Waals surface area contributed by atoms with Crippen LogP contribution in [0.5, 0.6) is 5.75 Å². The number of carbonyl (C=O) groups excluding carboxylic acids is 2. The maximum atomic E-state index is 14.0. The molecule has 1 heterocycles. The van der Waals surface area contributed by atoms with Gasteiger partial charge in [-0.05, 0) is 59.9 Å². The number of benzene rings is 3. The fourth-order valence-electron chi connectivity index (χ4n) is 6.64. The Morgan fingerprint density at radius 3 is 1.97 bits per heavy atom. The molecule has 1 aliphatic heterocycles. The van der Waals surface area contributed by atoms with E-state index in [0.29, 0.717) is 12.3 Å². The lowest BCUT2D eigenvalue weighted by Gasteiger charge is -2.54. The fraction of sp³-hybridized carbons (Fsp3) is 0.286. The second-order valence-corrected chi connectivity index (χ2v) is 8.92. The molecule has 2 bridgehead atoms. The standard InChI is InChI=1S/C28H25NO3/c1-3-28-21-11-7-5-9-19(21)23(20-10-6-8-12-22(20)28)24-25(28)27(31)29(26(24)30)17-13-15-18(16-14-17)32-4-2/h5-16,23-25H,3-4H2,1-2H3/t23?,24-,25-,28?/m0/s1. The molecule has 0 radical (unpaired) electrons. The van der Waals surface area contributed by atoms with Gasteiger partial charge in [-0.2, -0.15) is 0 Å². The number of carbonyl (C=O) groups is 2. The lowest BCUT2D eigenvalue weighted by atomic mass is 9.46. The molecule has 1 saturated heterocycles. The number of nitrogens with zero attached hydrogens (tertiary/aromatic N) is 1. The highest BCUT2D eigenvalue weighted by Gasteiger charge is 2.67. The van der Waals surface area contributed by atoms with Crippen LogP contribution >= 0.6 is 0 Å². The van der Waals surface area contributed by atoms with Crippen LogP contribution in [0.25, 0.3) is 0 Å². The van der Waals surface area contributed by atoms with Crippen LogP contribution in [0.2, 0.25) is 0 Å². The van der Waals surface area contributed by atoms with Crippen molar-refractivity contribution in [3.05, 3.63) is 95.1 Å². The second kappa shape index (κ2) is 6.80. The van der Waals surface area contributed by atoms with Gasteiger partial charge in [0.05, 0.1) is 24.1 Å². The summed E-state index contributed by atoms with van der Waals surface area (Å²) in [6, 6.07) is 24.1. The maximum absolute atomic E-state index is 14.0. The van der Waals surface area contributed by atoms with Crippen LogP contribution < -0.4 is 9.64 Å². The van der Waals surface area contributed by atoms with Crippen molar-refractivity contribution in [2.75, 3.05) is 11.5 Å². The number of anilines is 1. The number of hydrogen-bond donors (Lipinski definition) is 0. The van der Waals surface area contributed by atoms with Gasteiger partial charge in [-0.15, -0.1) is 0 Å². The van der Waals surface area contributed by atoms with Crippen molar-refractivity contribution in [2.24, 2.45) is 11.8 Å². The number of ether oxygens (including phenoxy) is 1. The largest absolute Gasteiger partial charge is 0.494 e. The number of imide groups is 1. The van der Waals surface area contributed by atoms with Gasteiger partial charge in [-0.3, -0.25) is 9.59 Å². The summed E-state index contributed by atoms with van der Waals surface area (Å²) in [5.74, 6) is -0.293. The smallest absolute Gasteiger partial charge is 0.238 e. The van der Waals surface area contributed by atoms with Crippen LogP contribution in [0.3, 0.4) is 0 Å². The molecule has 0 N–H and O–H groups in total. The SMILES string of the molecule is CCOc1ccc(N2C(=O)[C@@H]3[C@@H](C2=O)C2c4ccccc4C3(CC)c3ccccc32)cc1. The van der Waals surface area contributed by atoms with E-state index in [9.17, 15) is 9.59 Å². The quantitative estimate of drug-likeness (QED) is 0.552. The molecule has 1 fully saturated rings. The van der Waals surface area contributed by atoms with Gasteiger partial charge in [0.25, 0.3) is 0 Å². The summed E-state index contributed by atoms with van der Waals surface area (Å²) < 4.78 is 5.55. The molecule has 2 amide bonds. The molecule has 0 unspecified atom stereocenters. The highest BCUT2D eigenvalue weighted by Crippen LogP contribution is 2.65. The lowest BCUT2D eigenvalue weighted by Crippen LogP contribution is -2.53. The van der Waals surface area contributed by atoms with Crippen molar-refractivity contribution in [3.8, 4) is 5.75 Å². The molecule has 4 aliphatic rings. The molecule has 3 aromatic rings. The van der Waals surface area contributed by atoms with Gasteiger partial charge in [0.2, 0.25) is 11.8 Å². The number of amides is 2. The van der Waals surface area contributed by atoms with E-state index in [1.165, 1.54) is 27.2 Å². The third-order valence-electron chi connectivity index (χ3n) is 7.76. The number of hydrogen-bond acceptors (Lipinski definition) is 3. The second-order valence-electron chi connectivity index (χ2n) is 8.92. The monoisotopic (exact) mass is 423 g/mol. The Morgan fingerprint density at radius 2 is 1.41 bits per heavy atom. The zero-order chi connectivity index (χ0) is 22.0. The molecular weight excluding hydrogens is 398 g/mol. The average molecular weight is 424 g/mol. The summed E-state index contributed by atoms with van der Waals surface area (Å²) >= 11 is 0. The Labute approximate surface area is 187 Å². The summed E-state index contributed by atoms with van der Waals surface area (Å²) in [5.41, 5.74) is 4.95. The van der Waals surface area contributed by atoms with E-state index >= 15 is 0 Å². The first-order valence-corrected chi connectivity index (χ1v) is 11.4. The number of rotatable bonds is 4. The molecule has 0 spiro atoms. The Kier molecular flexibility index (Phi) is 4.10. The van der Waals surface area contributed by atoms with E-state index in [2.05, 4.69) is 43.3 Å². The van der Waals surface area contributed by atoms with Gasteiger partial charge in [-0.1, -0.05) is 55.5 Å². The molecule has 160 valence electrons. The Balaban J connectivity index is 1.55. The van der Waals surface area contributed by atoms with Crippen LogP contribution in [-0.4, -0.2) is 18.4 Å². The first-order valence-electron chi connectivity index (χ1n) is 11.4. The van der Waals surface area contributed by atoms with E-state index in [1.54, 1.807) is 0 Å². The molecule has 3 aliphatic carbocycles. The molecular formula is C28H25NO3. The lowest BCUT2D eigenvalue weighted by molar-refractivity contribution is -0.123. The van der Waals surface area contributed by atoms with E-state index in [1.807, 2.05) is 43.3 Å². The topological polar surface area (TPSA) is 46.6 Å². The zero-order valence-corrected chi connectivity index (χ0v) is 18.2. The fourth-order valence-corrected chi connectivity index (χ4v) is 6.64. The van der Waals surface area contributed by atoms with Gasteiger partial charge in [-0.25, -0.2) is 4.90 Å². The van der Waals surface area contributed by atoms with Gasteiger partial charge in [0.15, 0.2) is 0 Å². The minimum atomic E-state index is -0.487. The molecule has 32 heavy (non-hydrogen) atoms. The first-order chi connectivity index (χ1) is 15.6. The summed E-state index contributed by atoms with van der Waals surface area (Å²) in [6.45, 7) is 4.65. The molecule has 3 aromatic carbocycles. The van der Waals surface area contributed by atoms with Crippen LogP contribution in [0.15, 0.2) is 72.8 Å². The van der Waals surface area contributed by atoms with Crippen molar-refractivity contribution in [3.63, 3.8) is 0 Å². The Bertz CT molecular complexity index is 1200. The first kappa shape index (κ1) is 19.3. The third-order valence-corrected chi connectivity index (χ3v) is 7.76. The Morgan fingerprint density at radius 1 is 0.812 bits per heavy atom. The predicted octanol–water partition coefficient (Wildman–Crippen LogP) is 5.05. The maximum Gasteiger partial charge on any atom is 0.238 e. The van der Waals surface area contributed by atoms with Crippen LogP contribution in [0.1, 0.15) is 48.4 Å². The average Bonchev–Trinajstić information content (AvgIpc) is 3.11. The van der Waals surface area contributed by atoms with E-state index in [0.717, 1.165) is 12.2 Å². The summed E-state index contributed by atoms with van der Waals surface area (Å²) in [4.78, 5) is 29.3. The van der Waals surface area contributed by atoms with Gasteiger partial charge >= 0.3 is 0 Å². The zero-order valence-electron chi connectivity index (χ0n) is 18.2. The molecule has 4 nitrogen and oxygen atoms in total. The highest BCUT2D eigenvalue weighted by atomic mass is 16.5. The highest BCUT2D eigenvalue weighted by molar-refractivity contribution is 6.23. The third kappa shape index (κ3) is 2.22. The van der Waals surface area contributed by atoms with E-state index in [-0.39, 0.29) is 29.6 Å². The van der Waals surface area contributed by atoms with Crippen LogP contribution in [0, 0.1) is 11.8 Å². The molecule has 0 aromatic heterocycles. The summed E-state index contributed by atoms with van der Waals surface area (Å²) in [6.07, 6.45) is 0.769. The minimum Gasteiger partial charge on any atom is -0.494 e. The normalized spacial score (nSPS) is 27.2. The van der Waals surface area contributed by atoms with Crippen molar-refractivity contribution >= 4 is 17.5 Å². The minimum absolute atomic E-state index is 0.0833. The molecule has 7 rings (SSSR count). The predicted molar refractivity (Wildman–Crippen MR) is 123 cm³/mol. The van der Waals surface area contributed by atoms with Crippen molar-refractivity contribution < 1.29 is 14.3 Å². The van der Waals surface area contributed by atoms with Gasteiger partial charge in [0, 0.05) is 11.3 Å². The van der Waals surface area contributed by atoms with E-state index < -0.39 is 5.41 Å². The van der Waals surface area contributed by atoms with Gasteiger partial charge < -0.3 is 4.74 Å². The van der Waals surface area contributed by atoms with Gasteiger partial charge in [0.1, 0.15) is 5.75 Å². The van der Waals surface area contributed by atoms with Crippen LogP contribution in [-0.2, 0) is 15.0 Å². The molecule has 2 atom stereocenters. The van der Waals surface area contributed by atoms with Crippen molar-refractivity contribution in [2.45, 2.75) is 31.6 Å². The molecule has 4 heteroatoms. The molecule has 0 saturated carbocycles. The van der Waals surface area contributed by atoms with Crippen molar-refractivity contribution in [1.82, 2.24) is 0 Å². The summed E-state index contributed by atoms with van der Waals surface area (Å²) in [7, 11) is 0. The summed E-state index contributed by atoms with van der Waals surface area (Å²) in [5, 5.41) is 0.